The first-order chi connectivity index (χ1) is 10.3. The van der Waals surface area contributed by atoms with E-state index in [9.17, 15) is 0 Å². The second kappa shape index (κ2) is 6.51. The quantitative estimate of drug-likeness (QED) is 0.761. The van der Waals surface area contributed by atoms with Gasteiger partial charge in [-0.3, -0.25) is 5.10 Å². The van der Waals surface area contributed by atoms with Crippen LogP contribution >= 0.6 is 11.8 Å². The van der Waals surface area contributed by atoms with Crippen molar-refractivity contribution >= 4 is 34.6 Å². The predicted octanol–water partition coefficient (Wildman–Crippen LogP) is 2.87. The van der Waals surface area contributed by atoms with E-state index in [1.807, 2.05) is 6.92 Å². The third kappa shape index (κ3) is 3.23. The first kappa shape index (κ1) is 14.4. The van der Waals surface area contributed by atoms with Crippen LogP contribution < -0.4 is 10.6 Å². The van der Waals surface area contributed by atoms with Crippen LogP contribution in [0.3, 0.4) is 0 Å². The van der Waals surface area contributed by atoms with Crippen LogP contribution in [0.25, 0.3) is 11.0 Å². The number of aromatic amines is 1. The molecule has 3 N–H and O–H groups in total. The summed E-state index contributed by atoms with van der Waals surface area (Å²) in [7, 11) is 0. The Morgan fingerprint density at radius 2 is 2.24 bits per heavy atom. The fraction of sp³-hybridized carbons (Fsp3) is 0.643. The molecule has 3 rings (SSSR count). The van der Waals surface area contributed by atoms with E-state index in [-0.39, 0.29) is 0 Å². The van der Waals surface area contributed by atoms with E-state index in [2.05, 4.69) is 49.5 Å². The van der Waals surface area contributed by atoms with E-state index in [4.69, 9.17) is 0 Å². The van der Waals surface area contributed by atoms with Crippen molar-refractivity contribution in [1.29, 1.82) is 0 Å². The van der Waals surface area contributed by atoms with Crippen molar-refractivity contribution in [2.24, 2.45) is 0 Å². The molecule has 0 saturated heterocycles. The van der Waals surface area contributed by atoms with Crippen molar-refractivity contribution < 1.29 is 0 Å². The summed E-state index contributed by atoms with van der Waals surface area (Å²) in [4.78, 5) is 9.02. The third-order valence-corrected chi connectivity index (χ3v) is 5.01. The van der Waals surface area contributed by atoms with Gasteiger partial charge in [0.15, 0.2) is 5.65 Å². The highest BCUT2D eigenvalue weighted by atomic mass is 32.2. The Morgan fingerprint density at radius 1 is 1.33 bits per heavy atom. The van der Waals surface area contributed by atoms with Crippen LogP contribution in [0.4, 0.5) is 11.8 Å². The minimum atomic E-state index is 0.497. The van der Waals surface area contributed by atoms with Gasteiger partial charge in [0.25, 0.3) is 0 Å². The van der Waals surface area contributed by atoms with Crippen molar-refractivity contribution in [3.63, 3.8) is 0 Å². The van der Waals surface area contributed by atoms with E-state index in [0.717, 1.165) is 28.6 Å². The van der Waals surface area contributed by atoms with Gasteiger partial charge >= 0.3 is 0 Å². The maximum Gasteiger partial charge on any atom is 0.226 e. The number of anilines is 2. The summed E-state index contributed by atoms with van der Waals surface area (Å²) in [6.07, 6.45) is 5.49. The standard InChI is InChI=1S/C14H22N6S/c1-3-15-14-18-12(11-8-16-20-13(11)19-14)17-9-5-6-10(7-9)21-4-2/h8-10H,3-7H2,1-2H3,(H3,15,16,17,18,19,20). The van der Waals surface area contributed by atoms with Gasteiger partial charge in [-0.1, -0.05) is 6.92 Å². The summed E-state index contributed by atoms with van der Waals surface area (Å²) >= 11 is 2.07. The topological polar surface area (TPSA) is 78.5 Å². The van der Waals surface area contributed by atoms with Crippen LogP contribution in [0.15, 0.2) is 6.20 Å². The lowest BCUT2D eigenvalue weighted by Crippen LogP contribution is -2.18. The Balaban J connectivity index is 1.78. The summed E-state index contributed by atoms with van der Waals surface area (Å²) in [5.74, 6) is 2.73. The number of hydrogen-bond acceptors (Lipinski definition) is 6. The Morgan fingerprint density at radius 3 is 3.05 bits per heavy atom. The molecule has 114 valence electrons. The van der Waals surface area contributed by atoms with E-state index in [0.29, 0.717) is 12.0 Å². The monoisotopic (exact) mass is 306 g/mol. The van der Waals surface area contributed by atoms with Crippen LogP contribution in [0.1, 0.15) is 33.1 Å². The van der Waals surface area contributed by atoms with Gasteiger partial charge in [-0.05, 0) is 31.9 Å². The summed E-state index contributed by atoms with van der Waals surface area (Å²) < 4.78 is 0. The van der Waals surface area contributed by atoms with Crippen molar-refractivity contribution in [3.8, 4) is 0 Å². The van der Waals surface area contributed by atoms with E-state index in [1.54, 1.807) is 6.20 Å². The van der Waals surface area contributed by atoms with Crippen molar-refractivity contribution in [2.75, 3.05) is 22.9 Å². The number of thioether (sulfide) groups is 1. The van der Waals surface area contributed by atoms with Crippen LogP contribution in [-0.2, 0) is 0 Å². The second-order valence-corrected chi connectivity index (χ2v) is 6.87. The van der Waals surface area contributed by atoms with Gasteiger partial charge in [0.2, 0.25) is 5.95 Å². The lowest BCUT2D eigenvalue weighted by molar-refractivity contribution is 0.753. The molecule has 1 fully saturated rings. The SMILES string of the molecule is CCNc1nc(NC2CCC(SCC)C2)c2cn[nH]c2n1. The molecule has 1 aliphatic rings. The third-order valence-electron chi connectivity index (χ3n) is 3.77. The Labute approximate surface area is 128 Å². The maximum absolute atomic E-state index is 4.60. The molecule has 2 heterocycles. The van der Waals surface area contributed by atoms with E-state index < -0.39 is 0 Å². The minimum Gasteiger partial charge on any atom is -0.367 e. The lowest BCUT2D eigenvalue weighted by atomic mass is 10.2. The van der Waals surface area contributed by atoms with Crippen molar-refractivity contribution in [1.82, 2.24) is 20.2 Å². The zero-order valence-electron chi connectivity index (χ0n) is 12.5. The lowest BCUT2D eigenvalue weighted by Gasteiger charge is -2.15. The molecule has 1 saturated carbocycles. The Hall–Kier alpha value is -1.50. The molecule has 0 aliphatic heterocycles. The molecule has 21 heavy (non-hydrogen) atoms. The second-order valence-electron chi connectivity index (χ2n) is 5.29. The van der Waals surface area contributed by atoms with Crippen LogP contribution in [0.2, 0.25) is 0 Å². The molecule has 6 nitrogen and oxygen atoms in total. The first-order valence-corrected chi connectivity index (χ1v) is 8.68. The van der Waals surface area contributed by atoms with Crippen LogP contribution in [0.5, 0.6) is 0 Å². The highest BCUT2D eigenvalue weighted by molar-refractivity contribution is 7.99. The normalized spacial score (nSPS) is 21.8. The zero-order valence-corrected chi connectivity index (χ0v) is 13.3. The number of nitrogens with zero attached hydrogens (tertiary/aromatic N) is 3. The molecule has 0 spiro atoms. The van der Waals surface area contributed by atoms with Gasteiger partial charge in [-0.2, -0.15) is 26.8 Å². The average molecular weight is 306 g/mol. The molecule has 7 heteroatoms. The first-order valence-electron chi connectivity index (χ1n) is 7.63. The number of aromatic nitrogens is 4. The minimum absolute atomic E-state index is 0.497. The van der Waals surface area contributed by atoms with Crippen LogP contribution in [0, 0.1) is 0 Å². The zero-order chi connectivity index (χ0) is 14.7. The number of rotatable bonds is 6. The van der Waals surface area contributed by atoms with Gasteiger partial charge in [0, 0.05) is 17.8 Å². The molecule has 0 amide bonds. The van der Waals surface area contributed by atoms with Crippen molar-refractivity contribution in [3.05, 3.63) is 6.20 Å². The average Bonchev–Trinajstić information content (AvgIpc) is 3.09. The summed E-state index contributed by atoms with van der Waals surface area (Å²) in [5.41, 5.74) is 0.779. The molecule has 0 aromatic carbocycles. The van der Waals surface area contributed by atoms with Crippen LogP contribution in [-0.4, -0.2) is 43.8 Å². The van der Waals surface area contributed by atoms with E-state index in [1.165, 1.54) is 25.0 Å². The largest absolute Gasteiger partial charge is 0.367 e. The highest BCUT2D eigenvalue weighted by Gasteiger charge is 2.25. The summed E-state index contributed by atoms with van der Waals surface area (Å²) in [6.45, 7) is 5.07. The molecule has 1 aliphatic carbocycles. The maximum atomic E-state index is 4.60. The highest BCUT2D eigenvalue weighted by Crippen LogP contribution is 2.32. The predicted molar refractivity (Wildman–Crippen MR) is 89.0 cm³/mol. The Kier molecular flexibility index (Phi) is 4.48. The van der Waals surface area contributed by atoms with Gasteiger partial charge in [-0.15, -0.1) is 0 Å². The number of nitrogens with one attached hydrogen (secondary N) is 3. The van der Waals surface area contributed by atoms with Crippen molar-refractivity contribution in [2.45, 2.75) is 44.4 Å². The fourth-order valence-corrected chi connectivity index (χ4v) is 3.98. The number of hydrogen-bond donors (Lipinski definition) is 3. The molecular formula is C14H22N6S. The molecule has 0 bridgehead atoms. The molecule has 2 unspecified atom stereocenters. The smallest absolute Gasteiger partial charge is 0.226 e. The van der Waals surface area contributed by atoms with Gasteiger partial charge < -0.3 is 10.6 Å². The van der Waals surface area contributed by atoms with Gasteiger partial charge in [-0.25, -0.2) is 0 Å². The molecular weight excluding hydrogens is 284 g/mol. The molecule has 2 atom stereocenters. The summed E-state index contributed by atoms with van der Waals surface area (Å²) in [6, 6.07) is 0.497. The Bertz CT molecular complexity index is 598. The van der Waals surface area contributed by atoms with Gasteiger partial charge in [0.05, 0.1) is 11.6 Å². The number of H-pyrrole nitrogens is 1. The number of fused-ring (bicyclic) bond motifs is 1. The molecule has 0 radical (unpaired) electrons. The van der Waals surface area contributed by atoms with E-state index >= 15 is 0 Å². The summed E-state index contributed by atoms with van der Waals surface area (Å²) in [5, 5.41) is 15.5. The van der Waals surface area contributed by atoms with Gasteiger partial charge in [0.1, 0.15) is 5.82 Å². The fourth-order valence-electron chi connectivity index (χ4n) is 2.83. The molecule has 2 aromatic heterocycles. The molecule has 2 aromatic rings.